The Morgan fingerprint density at radius 2 is 1.05 bits per heavy atom. The van der Waals surface area contributed by atoms with E-state index in [1.54, 1.807) is 91.0 Å². The van der Waals surface area contributed by atoms with Gasteiger partial charge >= 0.3 is 5.97 Å². The highest BCUT2D eigenvalue weighted by atomic mass is 16.4. The molecule has 26 heteroatoms. The number of guanidine groups is 2. The third-order valence-electron chi connectivity index (χ3n) is 11.9. The van der Waals surface area contributed by atoms with Crippen molar-refractivity contribution in [3.63, 3.8) is 0 Å². The van der Waals surface area contributed by atoms with Gasteiger partial charge in [-0.15, -0.1) is 0 Å². The van der Waals surface area contributed by atoms with Gasteiger partial charge in [-0.25, -0.2) is 0 Å². The first-order valence-electron chi connectivity index (χ1n) is 24.4. The van der Waals surface area contributed by atoms with E-state index < -0.39 is 121 Å². The second-order valence-electron chi connectivity index (χ2n) is 17.8. The molecule has 7 atom stereocenters. The molecule has 76 heavy (non-hydrogen) atoms. The Morgan fingerprint density at radius 3 is 1.58 bits per heavy atom. The van der Waals surface area contributed by atoms with Gasteiger partial charge in [0.25, 0.3) is 0 Å². The van der Waals surface area contributed by atoms with E-state index in [2.05, 4.69) is 41.9 Å². The number of carbonyl (C=O) groups is 10. The molecule has 0 aromatic heterocycles. The van der Waals surface area contributed by atoms with Gasteiger partial charge in [-0.3, -0.25) is 57.9 Å². The molecule has 408 valence electrons. The number of benzene rings is 3. The first-order chi connectivity index (χ1) is 36.2. The highest BCUT2D eigenvalue weighted by molar-refractivity contribution is 5.99. The van der Waals surface area contributed by atoms with Crippen LogP contribution in [0.5, 0.6) is 0 Å². The minimum absolute atomic E-state index is 0.0389. The van der Waals surface area contributed by atoms with E-state index in [1.807, 2.05) is 0 Å². The van der Waals surface area contributed by atoms with E-state index >= 15 is 0 Å². The first kappa shape index (κ1) is 59.5. The van der Waals surface area contributed by atoms with Crippen molar-refractivity contribution in [2.45, 2.75) is 107 Å². The minimum Gasteiger partial charge on any atom is -0.481 e. The summed E-state index contributed by atoms with van der Waals surface area (Å²) >= 11 is 0. The zero-order chi connectivity index (χ0) is 55.7. The number of likely N-dealkylation sites (tertiary alicyclic amines) is 1. The molecular formula is C50H67N15O11. The third kappa shape index (κ3) is 19.7. The van der Waals surface area contributed by atoms with Crippen molar-refractivity contribution in [1.29, 1.82) is 0 Å². The number of nitrogens with zero attached hydrogens (tertiary/aromatic N) is 3. The fourth-order valence-electron chi connectivity index (χ4n) is 8.16. The summed E-state index contributed by atoms with van der Waals surface area (Å²) in [6, 6.07) is 15.1. The quantitative estimate of drug-likeness (QED) is 0.0182. The fourth-order valence-corrected chi connectivity index (χ4v) is 8.16. The van der Waals surface area contributed by atoms with Crippen molar-refractivity contribution in [2.75, 3.05) is 19.6 Å². The van der Waals surface area contributed by atoms with Gasteiger partial charge in [0.05, 0.1) is 12.8 Å². The molecule has 0 radical (unpaired) electrons. The van der Waals surface area contributed by atoms with Crippen LogP contribution in [0.2, 0.25) is 0 Å². The van der Waals surface area contributed by atoms with E-state index in [9.17, 15) is 47.9 Å². The molecule has 0 saturated carbocycles. The molecule has 3 aromatic carbocycles. The molecule has 26 nitrogen and oxygen atoms in total. The molecule has 1 fully saturated rings. The Morgan fingerprint density at radius 1 is 0.566 bits per heavy atom. The molecule has 0 aliphatic carbocycles. The SMILES string of the molecule is NC(=O)C[C@H](NC(=O)[C@H](CCCN=C(N)N)NC(=O)[C@@H]1CCCN1C(=O)[C@H](CCCN=C(N)N)NC(=O)[C@H](Cc1ccccc1)NC(=O)[C@@H](NC(=O)[C@@H](NC(=O)CCC(=O)O)c1ccccc1)c1ccccc1)C(N)=O. The molecule has 4 rings (SSSR count). The van der Waals surface area contributed by atoms with Crippen LogP contribution < -0.4 is 66.3 Å². The lowest BCUT2D eigenvalue weighted by Gasteiger charge is -2.31. The average Bonchev–Trinajstić information content (AvgIpc) is 3.88. The third-order valence-corrected chi connectivity index (χ3v) is 11.9. The van der Waals surface area contributed by atoms with Crippen LogP contribution in [-0.4, -0.2) is 131 Å². The Bertz CT molecular complexity index is 2560. The van der Waals surface area contributed by atoms with Crippen LogP contribution in [0, 0.1) is 0 Å². The minimum atomic E-state index is -1.50. The Labute approximate surface area is 438 Å². The molecule has 9 amide bonds. The standard InChI is InChI=1S/C50H67N15O11/c51-37(66)28-34(42(52)70)61-43(71)32(19-10-24-57-49(53)54)59-45(73)36-21-12-26-65(36)48(76)33(20-11-25-58-50(55)56)60-44(72)35(27-29-13-4-1-5-14-29)62-46(74)41(31-17-8-3-9-18-31)64-47(75)40(30-15-6-2-7-16-30)63-38(67)22-23-39(68)69/h1-9,13-18,32-36,40-41H,10-12,19-28H2,(H2,51,66)(H2,52,70)(H,59,73)(H,60,72)(H,61,71)(H,62,74)(H,63,67)(H,64,75)(H,68,69)(H4,53,54,57)(H4,55,56,58)/t32-,33-,34-,35-,36-,40-,41-/m0/s1. The summed E-state index contributed by atoms with van der Waals surface area (Å²) in [6.07, 6.45) is -1.03. The summed E-state index contributed by atoms with van der Waals surface area (Å²) in [4.78, 5) is 143. The number of hydrogen-bond donors (Lipinski definition) is 13. The van der Waals surface area contributed by atoms with Gasteiger partial charge in [0.15, 0.2) is 11.9 Å². The lowest BCUT2D eigenvalue weighted by molar-refractivity contribution is -0.142. The van der Waals surface area contributed by atoms with Crippen LogP contribution in [0.3, 0.4) is 0 Å². The van der Waals surface area contributed by atoms with Gasteiger partial charge in [-0.05, 0) is 55.2 Å². The highest BCUT2D eigenvalue weighted by Crippen LogP contribution is 2.22. The second kappa shape index (κ2) is 30.2. The van der Waals surface area contributed by atoms with Gasteiger partial charge < -0.3 is 76.3 Å². The van der Waals surface area contributed by atoms with Gasteiger partial charge in [-0.2, -0.15) is 0 Å². The smallest absolute Gasteiger partial charge is 0.303 e. The van der Waals surface area contributed by atoms with Crippen LogP contribution in [-0.2, 0) is 54.4 Å². The molecular weight excluding hydrogens is 987 g/mol. The number of carboxylic acids is 1. The van der Waals surface area contributed by atoms with Crippen molar-refractivity contribution in [3.05, 3.63) is 108 Å². The maximum atomic E-state index is 14.7. The summed E-state index contributed by atoms with van der Waals surface area (Å²) in [5, 5.41) is 24.9. The van der Waals surface area contributed by atoms with E-state index in [0.29, 0.717) is 17.5 Å². The number of carboxylic acid groups (broad SMARTS) is 1. The van der Waals surface area contributed by atoms with Crippen molar-refractivity contribution >= 4 is 71.1 Å². The number of rotatable bonds is 30. The van der Waals surface area contributed by atoms with Crippen molar-refractivity contribution in [1.82, 2.24) is 36.8 Å². The van der Waals surface area contributed by atoms with Crippen molar-refractivity contribution in [3.8, 4) is 0 Å². The van der Waals surface area contributed by atoms with E-state index in [4.69, 9.17) is 39.5 Å². The van der Waals surface area contributed by atoms with Gasteiger partial charge in [0, 0.05) is 32.5 Å². The lowest BCUT2D eigenvalue weighted by atomic mass is 10.0. The van der Waals surface area contributed by atoms with Crippen molar-refractivity contribution < 1.29 is 53.1 Å². The van der Waals surface area contributed by atoms with Crippen LogP contribution in [0.4, 0.5) is 0 Å². The number of aliphatic carboxylic acids is 1. The number of aliphatic imine (C=N–C) groups is 2. The van der Waals surface area contributed by atoms with Gasteiger partial charge in [0.2, 0.25) is 53.2 Å². The number of nitrogens with one attached hydrogen (secondary N) is 6. The number of amides is 9. The number of nitrogens with two attached hydrogens (primary N) is 6. The summed E-state index contributed by atoms with van der Waals surface area (Å²) < 4.78 is 0. The van der Waals surface area contributed by atoms with Crippen molar-refractivity contribution in [2.24, 2.45) is 44.4 Å². The van der Waals surface area contributed by atoms with E-state index in [0.717, 1.165) is 0 Å². The van der Waals surface area contributed by atoms with Gasteiger partial charge in [0.1, 0.15) is 42.3 Å². The predicted octanol–water partition coefficient (Wildman–Crippen LogP) is -2.79. The molecule has 1 aliphatic rings. The maximum absolute atomic E-state index is 14.7. The predicted molar refractivity (Wildman–Crippen MR) is 277 cm³/mol. The number of carbonyl (C=O) groups excluding carboxylic acids is 9. The average molecular weight is 1050 g/mol. The molecule has 0 unspecified atom stereocenters. The summed E-state index contributed by atoms with van der Waals surface area (Å²) in [5.74, 6) is -9.27. The van der Waals surface area contributed by atoms with Crippen LogP contribution in [0.1, 0.15) is 86.6 Å². The van der Waals surface area contributed by atoms with Crippen LogP contribution in [0.15, 0.2) is 101 Å². The lowest BCUT2D eigenvalue weighted by Crippen LogP contribution is -2.59. The zero-order valence-electron chi connectivity index (χ0n) is 41.7. The molecule has 1 heterocycles. The maximum Gasteiger partial charge on any atom is 0.303 e. The zero-order valence-corrected chi connectivity index (χ0v) is 41.7. The van der Waals surface area contributed by atoms with Crippen LogP contribution in [0.25, 0.3) is 0 Å². The Hall–Kier alpha value is -9.10. The van der Waals surface area contributed by atoms with E-state index in [-0.39, 0.29) is 75.6 Å². The molecule has 19 N–H and O–H groups in total. The largest absolute Gasteiger partial charge is 0.481 e. The molecule has 3 aromatic rings. The van der Waals surface area contributed by atoms with E-state index in [1.165, 1.54) is 4.90 Å². The summed E-state index contributed by atoms with van der Waals surface area (Å²) in [5.41, 5.74) is 33.9. The van der Waals surface area contributed by atoms with Gasteiger partial charge in [-0.1, -0.05) is 91.0 Å². The highest BCUT2D eigenvalue weighted by Gasteiger charge is 2.40. The topological polar surface area (TPSA) is 447 Å². The fraction of sp³-hybridized carbons (Fsp3) is 0.400. The molecule has 0 bridgehead atoms. The van der Waals surface area contributed by atoms with Crippen LogP contribution >= 0.6 is 0 Å². The molecule has 1 aliphatic heterocycles. The first-order valence-corrected chi connectivity index (χ1v) is 24.4. The summed E-state index contributed by atoms with van der Waals surface area (Å²) in [6.45, 7) is 0.141. The Balaban J connectivity index is 1.65. The monoisotopic (exact) mass is 1050 g/mol. The number of hydrogen-bond acceptors (Lipinski definition) is 12. The summed E-state index contributed by atoms with van der Waals surface area (Å²) in [7, 11) is 0. The number of primary amides is 2. The Kier molecular flexibility index (Phi) is 23.6. The second-order valence-corrected chi connectivity index (χ2v) is 17.8. The molecule has 1 saturated heterocycles. The molecule has 0 spiro atoms. The normalized spacial score (nSPS) is 15.1.